The summed E-state index contributed by atoms with van der Waals surface area (Å²) in [7, 11) is 0. The Morgan fingerprint density at radius 1 is 1.00 bits per heavy atom. The van der Waals surface area contributed by atoms with E-state index in [-0.39, 0.29) is 0 Å². The van der Waals surface area contributed by atoms with Gasteiger partial charge in [-0.2, -0.15) is 0 Å². The van der Waals surface area contributed by atoms with Crippen LogP contribution in [0.1, 0.15) is 0 Å². The van der Waals surface area contributed by atoms with Gasteiger partial charge < -0.3 is 4.42 Å². The standard InChI is InChI=1S/C12H8N4O/c1-2-11(17-7-1)10-8-14-12(16-15-10)9-3-5-13-6-4-9/h1-8H. The second kappa shape index (κ2) is 4.13. The lowest BCUT2D eigenvalue weighted by molar-refractivity contribution is 0.578. The predicted molar refractivity (Wildman–Crippen MR) is 60.8 cm³/mol. The molecule has 0 atom stereocenters. The molecule has 0 saturated carbocycles. The second-order valence-corrected chi connectivity index (χ2v) is 3.38. The summed E-state index contributed by atoms with van der Waals surface area (Å²) >= 11 is 0. The highest BCUT2D eigenvalue weighted by molar-refractivity contribution is 5.55. The van der Waals surface area contributed by atoms with Crippen LogP contribution in [0, 0.1) is 0 Å². The molecular weight excluding hydrogens is 216 g/mol. The van der Waals surface area contributed by atoms with E-state index in [2.05, 4.69) is 20.2 Å². The van der Waals surface area contributed by atoms with Gasteiger partial charge in [0.1, 0.15) is 5.69 Å². The van der Waals surface area contributed by atoms with E-state index in [1.54, 1.807) is 30.9 Å². The van der Waals surface area contributed by atoms with Gasteiger partial charge in [-0.25, -0.2) is 4.98 Å². The molecule has 0 aliphatic heterocycles. The summed E-state index contributed by atoms with van der Waals surface area (Å²) in [6, 6.07) is 7.29. The normalized spacial score (nSPS) is 10.4. The molecule has 0 spiro atoms. The van der Waals surface area contributed by atoms with Crippen LogP contribution in [0.4, 0.5) is 0 Å². The minimum atomic E-state index is 0.572. The highest BCUT2D eigenvalue weighted by atomic mass is 16.3. The zero-order valence-corrected chi connectivity index (χ0v) is 8.82. The Morgan fingerprint density at radius 2 is 1.88 bits per heavy atom. The van der Waals surface area contributed by atoms with Crippen LogP contribution in [0.5, 0.6) is 0 Å². The van der Waals surface area contributed by atoms with Gasteiger partial charge in [0.25, 0.3) is 0 Å². The molecule has 3 aromatic rings. The molecule has 0 saturated heterocycles. The maximum absolute atomic E-state index is 5.21. The SMILES string of the molecule is c1coc(-c2cnc(-c3ccncc3)nn2)c1. The van der Waals surface area contributed by atoms with E-state index >= 15 is 0 Å². The van der Waals surface area contributed by atoms with Gasteiger partial charge in [0.05, 0.1) is 12.5 Å². The quantitative estimate of drug-likeness (QED) is 0.667. The Bertz CT molecular complexity index is 590. The van der Waals surface area contributed by atoms with Gasteiger partial charge in [-0.15, -0.1) is 10.2 Å². The van der Waals surface area contributed by atoms with Crippen LogP contribution in [-0.4, -0.2) is 20.2 Å². The van der Waals surface area contributed by atoms with Gasteiger partial charge in [-0.1, -0.05) is 0 Å². The minimum absolute atomic E-state index is 0.572. The first kappa shape index (κ1) is 9.65. The Balaban J connectivity index is 1.96. The van der Waals surface area contributed by atoms with Crippen molar-refractivity contribution in [3.63, 3.8) is 0 Å². The lowest BCUT2D eigenvalue weighted by atomic mass is 10.2. The Labute approximate surface area is 97.2 Å². The summed E-state index contributed by atoms with van der Waals surface area (Å²) in [5.74, 6) is 1.23. The lowest BCUT2D eigenvalue weighted by Gasteiger charge is -1.98. The summed E-state index contributed by atoms with van der Waals surface area (Å²) in [4.78, 5) is 8.18. The average molecular weight is 224 g/mol. The van der Waals surface area contributed by atoms with Crippen molar-refractivity contribution in [1.82, 2.24) is 20.2 Å². The van der Waals surface area contributed by atoms with Crippen LogP contribution >= 0.6 is 0 Å². The summed E-state index contributed by atoms with van der Waals surface area (Å²) in [6.45, 7) is 0. The van der Waals surface area contributed by atoms with Gasteiger partial charge in [0.2, 0.25) is 0 Å². The second-order valence-electron chi connectivity index (χ2n) is 3.38. The van der Waals surface area contributed by atoms with Crippen LogP contribution < -0.4 is 0 Å². The molecule has 5 nitrogen and oxygen atoms in total. The molecule has 3 heterocycles. The Hall–Kier alpha value is -2.56. The molecular formula is C12H8N4O. The summed E-state index contributed by atoms with van der Waals surface area (Å²) in [5, 5.41) is 8.13. The van der Waals surface area contributed by atoms with Gasteiger partial charge in [0, 0.05) is 18.0 Å². The van der Waals surface area contributed by atoms with Crippen LogP contribution in [0.3, 0.4) is 0 Å². The van der Waals surface area contributed by atoms with Crippen molar-refractivity contribution < 1.29 is 4.42 Å². The first-order valence-corrected chi connectivity index (χ1v) is 5.07. The van der Waals surface area contributed by atoms with Crippen molar-refractivity contribution in [3.05, 3.63) is 49.1 Å². The number of rotatable bonds is 2. The van der Waals surface area contributed by atoms with Crippen molar-refractivity contribution in [2.24, 2.45) is 0 Å². The van der Waals surface area contributed by atoms with Gasteiger partial charge >= 0.3 is 0 Å². The number of hydrogen-bond acceptors (Lipinski definition) is 5. The molecule has 0 aliphatic rings. The van der Waals surface area contributed by atoms with Crippen molar-refractivity contribution in [1.29, 1.82) is 0 Å². The molecule has 82 valence electrons. The van der Waals surface area contributed by atoms with Crippen LogP contribution in [-0.2, 0) is 0 Å². The molecule has 0 radical (unpaired) electrons. The van der Waals surface area contributed by atoms with E-state index in [9.17, 15) is 0 Å². The Kier molecular flexibility index (Phi) is 2.34. The number of aromatic nitrogens is 4. The van der Waals surface area contributed by atoms with E-state index in [0.717, 1.165) is 5.56 Å². The molecule has 0 amide bonds. The maximum Gasteiger partial charge on any atom is 0.181 e. The smallest absolute Gasteiger partial charge is 0.181 e. The van der Waals surface area contributed by atoms with Crippen molar-refractivity contribution in [2.75, 3.05) is 0 Å². The van der Waals surface area contributed by atoms with Gasteiger partial charge in [-0.3, -0.25) is 4.98 Å². The molecule has 0 aromatic carbocycles. The number of pyridine rings is 1. The third-order valence-corrected chi connectivity index (χ3v) is 2.27. The number of nitrogens with zero attached hydrogens (tertiary/aromatic N) is 4. The zero-order valence-electron chi connectivity index (χ0n) is 8.82. The van der Waals surface area contributed by atoms with Crippen molar-refractivity contribution in [2.45, 2.75) is 0 Å². The summed E-state index contributed by atoms with van der Waals surface area (Å²) in [5.41, 5.74) is 1.51. The first-order chi connectivity index (χ1) is 8.43. The zero-order chi connectivity index (χ0) is 11.5. The van der Waals surface area contributed by atoms with E-state index < -0.39 is 0 Å². The fraction of sp³-hybridized carbons (Fsp3) is 0. The average Bonchev–Trinajstić information content (AvgIpc) is 2.94. The molecule has 17 heavy (non-hydrogen) atoms. The van der Waals surface area contributed by atoms with E-state index in [1.165, 1.54) is 0 Å². The number of furan rings is 1. The third kappa shape index (κ3) is 1.90. The molecule has 3 rings (SSSR count). The molecule has 0 aliphatic carbocycles. The molecule has 0 N–H and O–H groups in total. The maximum atomic E-state index is 5.21. The summed E-state index contributed by atoms with van der Waals surface area (Å²) in [6.07, 6.45) is 6.62. The van der Waals surface area contributed by atoms with Crippen LogP contribution in [0.15, 0.2) is 53.5 Å². The molecule has 0 fully saturated rings. The Morgan fingerprint density at radius 3 is 2.53 bits per heavy atom. The van der Waals surface area contributed by atoms with Crippen molar-refractivity contribution >= 4 is 0 Å². The molecule has 5 heteroatoms. The van der Waals surface area contributed by atoms with E-state index in [1.807, 2.05) is 18.2 Å². The molecule has 0 bridgehead atoms. The van der Waals surface area contributed by atoms with E-state index in [4.69, 9.17) is 4.42 Å². The number of hydrogen-bond donors (Lipinski definition) is 0. The lowest BCUT2D eigenvalue weighted by Crippen LogP contribution is -1.93. The molecule has 3 aromatic heterocycles. The van der Waals surface area contributed by atoms with Gasteiger partial charge in [0.15, 0.2) is 11.6 Å². The summed E-state index contributed by atoms with van der Waals surface area (Å²) < 4.78 is 5.21. The van der Waals surface area contributed by atoms with Crippen molar-refractivity contribution in [3.8, 4) is 22.8 Å². The fourth-order valence-corrected chi connectivity index (χ4v) is 1.45. The largest absolute Gasteiger partial charge is 0.463 e. The van der Waals surface area contributed by atoms with Crippen LogP contribution in [0.25, 0.3) is 22.8 Å². The monoisotopic (exact) mass is 224 g/mol. The van der Waals surface area contributed by atoms with Gasteiger partial charge in [-0.05, 0) is 24.3 Å². The molecule has 0 unspecified atom stereocenters. The van der Waals surface area contributed by atoms with Crippen LogP contribution in [0.2, 0.25) is 0 Å². The third-order valence-electron chi connectivity index (χ3n) is 2.27. The topological polar surface area (TPSA) is 64.7 Å². The predicted octanol–water partition coefficient (Wildman–Crippen LogP) is 2.19. The highest BCUT2D eigenvalue weighted by Gasteiger charge is 2.05. The minimum Gasteiger partial charge on any atom is -0.463 e. The fourth-order valence-electron chi connectivity index (χ4n) is 1.45. The van der Waals surface area contributed by atoms with E-state index in [0.29, 0.717) is 17.3 Å². The first-order valence-electron chi connectivity index (χ1n) is 5.07. The highest BCUT2D eigenvalue weighted by Crippen LogP contribution is 2.17.